The molecule has 144 valence electrons. The Kier molecular flexibility index (Phi) is 4.77. The van der Waals surface area contributed by atoms with Gasteiger partial charge in [0.15, 0.2) is 5.82 Å². The maximum Gasteiger partial charge on any atom is 0.254 e. The molecule has 0 unspecified atom stereocenters. The van der Waals surface area contributed by atoms with Crippen molar-refractivity contribution in [2.45, 2.75) is 12.5 Å². The summed E-state index contributed by atoms with van der Waals surface area (Å²) in [4.78, 5) is 14.2. The van der Waals surface area contributed by atoms with E-state index in [0.29, 0.717) is 31.4 Å². The third-order valence-corrected chi connectivity index (χ3v) is 4.74. The van der Waals surface area contributed by atoms with Gasteiger partial charge in [-0.2, -0.15) is 5.10 Å². The number of hydrogen-bond donors (Lipinski definition) is 2. The van der Waals surface area contributed by atoms with E-state index in [1.165, 1.54) is 12.1 Å². The van der Waals surface area contributed by atoms with Crippen molar-refractivity contribution in [1.29, 1.82) is 0 Å². The molecule has 3 aromatic rings. The van der Waals surface area contributed by atoms with E-state index in [2.05, 4.69) is 15.5 Å². The van der Waals surface area contributed by atoms with E-state index in [1.807, 2.05) is 11.0 Å². The first-order chi connectivity index (χ1) is 13.5. The Morgan fingerprint density at radius 3 is 2.57 bits per heavy atom. The smallest absolute Gasteiger partial charge is 0.254 e. The van der Waals surface area contributed by atoms with E-state index in [-0.39, 0.29) is 17.4 Å². The molecule has 5 nitrogen and oxygen atoms in total. The van der Waals surface area contributed by atoms with E-state index >= 15 is 0 Å². The first kappa shape index (κ1) is 18.1. The number of rotatable bonds is 4. The quantitative estimate of drug-likeness (QED) is 0.722. The van der Waals surface area contributed by atoms with Crippen LogP contribution in [0.1, 0.15) is 16.8 Å². The molecular weight excluding hydrogens is 369 g/mol. The summed E-state index contributed by atoms with van der Waals surface area (Å²) in [6.45, 7) is 1.19. The van der Waals surface area contributed by atoms with E-state index in [9.17, 15) is 18.0 Å². The lowest BCUT2D eigenvalue weighted by Gasteiger charge is -2.16. The van der Waals surface area contributed by atoms with Gasteiger partial charge < -0.3 is 10.2 Å². The second-order valence-electron chi connectivity index (χ2n) is 6.68. The molecule has 1 atom stereocenters. The van der Waals surface area contributed by atoms with Gasteiger partial charge in [-0.15, -0.1) is 0 Å². The number of nitrogens with zero attached hydrogens (tertiary/aromatic N) is 2. The Balaban J connectivity index is 1.40. The Morgan fingerprint density at radius 1 is 1.07 bits per heavy atom. The zero-order chi connectivity index (χ0) is 19.7. The molecular formula is C20H17F3N4O. The molecule has 0 aliphatic carbocycles. The third kappa shape index (κ3) is 3.71. The molecule has 28 heavy (non-hydrogen) atoms. The van der Waals surface area contributed by atoms with Gasteiger partial charge in [0, 0.05) is 31.3 Å². The van der Waals surface area contributed by atoms with Crippen molar-refractivity contribution in [3.63, 3.8) is 0 Å². The number of anilines is 1. The maximum absolute atomic E-state index is 13.8. The highest BCUT2D eigenvalue weighted by Gasteiger charge is 2.26. The Labute approximate surface area is 159 Å². The highest BCUT2D eigenvalue weighted by molar-refractivity contribution is 5.94. The van der Waals surface area contributed by atoms with Crippen molar-refractivity contribution in [2.24, 2.45) is 0 Å². The molecule has 0 spiro atoms. The summed E-state index contributed by atoms with van der Waals surface area (Å²) in [6, 6.07) is 10.6. The van der Waals surface area contributed by atoms with Gasteiger partial charge in [0.2, 0.25) is 0 Å². The molecule has 2 aromatic carbocycles. The van der Waals surface area contributed by atoms with Crippen LogP contribution in [0.2, 0.25) is 0 Å². The molecule has 0 bridgehead atoms. The number of nitrogens with one attached hydrogen (secondary N) is 2. The number of hydrogen-bond acceptors (Lipinski definition) is 3. The highest BCUT2D eigenvalue weighted by Crippen LogP contribution is 2.25. The number of aromatic amines is 1. The third-order valence-electron chi connectivity index (χ3n) is 4.74. The summed E-state index contributed by atoms with van der Waals surface area (Å²) < 4.78 is 39.8. The van der Waals surface area contributed by atoms with Crippen LogP contribution in [0, 0.1) is 17.5 Å². The second-order valence-corrected chi connectivity index (χ2v) is 6.68. The van der Waals surface area contributed by atoms with Gasteiger partial charge in [-0.25, -0.2) is 13.2 Å². The molecule has 1 saturated heterocycles. The molecule has 1 aliphatic rings. The summed E-state index contributed by atoms with van der Waals surface area (Å²) in [5.74, 6) is -1.78. The summed E-state index contributed by atoms with van der Waals surface area (Å²) in [5.41, 5.74) is 1.39. The van der Waals surface area contributed by atoms with E-state index in [1.54, 1.807) is 12.1 Å². The highest BCUT2D eigenvalue weighted by atomic mass is 19.1. The monoisotopic (exact) mass is 386 g/mol. The molecule has 1 aromatic heterocycles. The Hall–Kier alpha value is -3.29. The topological polar surface area (TPSA) is 61.0 Å². The number of halogens is 3. The minimum absolute atomic E-state index is 0.178. The average Bonchev–Trinajstić information content (AvgIpc) is 3.31. The molecule has 0 saturated carbocycles. The molecule has 2 heterocycles. The Bertz CT molecular complexity index is 1000. The number of aromatic nitrogens is 2. The number of benzene rings is 2. The van der Waals surface area contributed by atoms with Crippen LogP contribution in [-0.2, 0) is 0 Å². The van der Waals surface area contributed by atoms with Crippen molar-refractivity contribution in [3.8, 4) is 11.3 Å². The van der Waals surface area contributed by atoms with Crippen molar-refractivity contribution >= 4 is 11.7 Å². The lowest BCUT2D eigenvalue weighted by molar-refractivity contribution is 0.0936. The summed E-state index contributed by atoms with van der Waals surface area (Å²) in [6.07, 6.45) is 0.674. The molecule has 2 N–H and O–H groups in total. The minimum atomic E-state index is -0.886. The van der Waals surface area contributed by atoms with Crippen LogP contribution in [0.3, 0.4) is 0 Å². The largest absolute Gasteiger partial charge is 0.353 e. The molecule has 8 heteroatoms. The molecule has 1 amide bonds. The predicted molar refractivity (Wildman–Crippen MR) is 98.4 cm³/mol. The van der Waals surface area contributed by atoms with Crippen molar-refractivity contribution in [3.05, 3.63) is 71.5 Å². The van der Waals surface area contributed by atoms with Gasteiger partial charge in [-0.1, -0.05) is 0 Å². The number of H-pyrrole nitrogens is 1. The lowest BCUT2D eigenvalue weighted by Crippen LogP contribution is -2.37. The van der Waals surface area contributed by atoms with Crippen molar-refractivity contribution < 1.29 is 18.0 Å². The predicted octanol–water partition coefficient (Wildman–Crippen LogP) is 3.50. The van der Waals surface area contributed by atoms with E-state index in [0.717, 1.165) is 23.4 Å². The second kappa shape index (κ2) is 7.38. The number of carbonyl (C=O) groups is 1. The van der Waals surface area contributed by atoms with Crippen LogP contribution in [0.5, 0.6) is 0 Å². The van der Waals surface area contributed by atoms with Gasteiger partial charge in [0.05, 0.1) is 11.3 Å². The molecule has 1 fully saturated rings. The van der Waals surface area contributed by atoms with Crippen LogP contribution in [0.25, 0.3) is 11.3 Å². The molecule has 0 radical (unpaired) electrons. The minimum Gasteiger partial charge on any atom is -0.353 e. The average molecular weight is 386 g/mol. The first-order valence-electron chi connectivity index (χ1n) is 8.82. The standard InChI is InChI=1S/C20H17F3N4O/c21-13-3-1-12(2-4-13)18-10-19(26-25-18)27-8-7-15(11-27)24-20(28)16-6-5-14(22)9-17(16)23/h1-6,9-10,15H,7-8,11H2,(H,24,28)(H,25,26)/t15-/m1/s1. The zero-order valence-corrected chi connectivity index (χ0v) is 14.8. The van der Waals surface area contributed by atoms with Gasteiger partial charge in [0.25, 0.3) is 5.91 Å². The van der Waals surface area contributed by atoms with Gasteiger partial charge >= 0.3 is 0 Å². The van der Waals surface area contributed by atoms with Gasteiger partial charge in [0.1, 0.15) is 17.5 Å². The van der Waals surface area contributed by atoms with Crippen LogP contribution in [0.15, 0.2) is 48.5 Å². The van der Waals surface area contributed by atoms with Gasteiger partial charge in [-0.05, 0) is 48.4 Å². The normalized spacial score (nSPS) is 16.4. The van der Waals surface area contributed by atoms with Crippen LogP contribution in [-0.4, -0.2) is 35.2 Å². The van der Waals surface area contributed by atoms with E-state index < -0.39 is 17.5 Å². The summed E-state index contributed by atoms with van der Waals surface area (Å²) in [7, 11) is 0. The van der Waals surface area contributed by atoms with Gasteiger partial charge in [-0.3, -0.25) is 9.89 Å². The zero-order valence-electron chi connectivity index (χ0n) is 14.8. The van der Waals surface area contributed by atoms with Crippen LogP contribution < -0.4 is 10.2 Å². The van der Waals surface area contributed by atoms with Crippen LogP contribution >= 0.6 is 0 Å². The van der Waals surface area contributed by atoms with Crippen LogP contribution in [0.4, 0.5) is 19.0 Å². The maximum atomic E-state index is 13.8. The Morgan fingerprint density at radius 2 is 1.82 bits per heavy atom. The summed E-state index contributed by atoms with van der Waals surface area (Å²) in [5, 5.41) is 9.99. The SMILES string of the molecule is O=C(N[C@@H]1CCN(c2cc(-c3ccc(F)cc3)[nH]n2)C1)c1ccc(F)cc1F. The molecule has 1 aliphatic heterocycles. The first-order valence-corrected chi connectivity index (χ1v) is 8.82. The van der Waals surface area contributed by atoms with Crippen molar-refractivity contribution in [1.82, 2.24) is 15.5 Å². The lowest BCUT2D eigenvalue weighted by atomic mass is 10.1. The fourth-order valence-electron chi connectivity index (χ4n) is 3.27. The van der Waals surface area contributed by atoms with Crippen molar-refractivity contribution in [2.75, 3.05) is 18.0 Å². The summed E-state index contributed by atoms with van der Waals surface area (Å²) >= 11 is 0. The number of amides is 1. The molecule has 4 rings (SSSR count). The fourth-order valence-corrected chi connectivity index (χ4v) is 3.27. The number of carbonyl (C=O) groups excluding carboxylic acids is 1. The fraction of sp³-hybridized carbons (Fsp3) is 0.200. The van der Waals surface area contributed by atoms with E-state index in [4.69, 9.17) is 0 Å².